The van der Waals surface area contributed by atoms with E-state index in [1.54, 1.807) is 11.9 Å². The van der Waals surface area contributed by atoms with E-state index < -0.39 is 0 Å². The Morgan fingerprint density at radius 3 is 2.44 bits per heavy atom. The lowest BCUT2D eigenvalue weighted by Gasteiger charge is -2.16. The predicted molar refractivity (Wildman–Crippen MR) is 64.0 cm³/mol. The van der Waals surface area contributed by atoms with E-state index in [2.05, 4.69) is 10.6 Å². The molecule has 94 valence electrons. The van der Waals surface area contributed by atoms with Gasteiger partial charge in [-0.25, -0.2) is 0 Å². The number of carbonyl (C=O) groups excluding carboxylic acids is 2. The van der Waals surface area contributed by atoms with Gasteiger partial charge in [0.2, 0.25) is 11.8 Å². The third-order valence-electron chi connectivity index (χ3n) is 2.46. The molecule has 0 aromatic heterocycles. The maximum atomic E-state index is 11.5. The van der Waals surface area contributed by atoms with E-state index in [4.69, 9.17) is 0 Å². The molecule has 0 saturated heterocycles. The molecule has 2 N–H and O–H groups in total. The van der Waals surface area contributed by atoms with Gasteiger partial charge in [0.05, 0.1) is 6.54 Å². The van der Waals surface area contributed by atoms with Crippen LogP contribution >= 0.6 is 0 Å². The quantitative estimate of drug-likeness (QED) is 0.637. The lowest BCUT2D eigenvalue weighted by molar-refractivity contribution is -0.132. The van der Waals surface area contributed by atoms with Gasteiger partial charge in [0.25, 0.3) is 0 Å². The van der Waals surface area contributed by atoms with Crippen LogP contribution < -0.4 is 10.6 Å². The molecular formula is C11H23N3O2. The maximum Gasteiger partial charge on any atom is 0.241 e. The Balaban J connectivity index is 3.84. The van der Waals surface area contributed by atoms with E-state index in [0.717, 1.165) is 6.54 Å². The summed E-state index contributed by atoms with van der Waals surface area (Å²) in [6, 6.07) is 0. The fourth-order valence-corrected chi connectivity index (χ4v) is 1.10. The molecular weight excluding hydrogens is 206 g/mol. The van der Waals surface area contributed by atoms with Crippen molar-refractivity contribution in [3.63, 3.8) is 0 Å². The molecule has 5 heteroatoms. The van der Waals surface area contributed by atoms with E-state index in [-0.39, 0.29) is 24.3 Å². The number of hydrogen-bond donors (Lipinski definition) is 2. The summed E-state index contributed by atoms with van der Waals surface area (Å²) in [5.41, 5.74) is 0. The zero-order valence-corrected chi connectivity index (χ0v) is 10.7. The third kappa shape index (κ3) is 5.70. The Labute approximate surface area is 97.6 Å². The normalized spacial score (nSPS) is 12.0. The maximum absolute atomic E-state index is 11.5. The first kappa shape index (κ1) is 14.9. The zero-order valence-electron chi connectivity index (χ0n) is 10.7. The molecule has 1 atom stereocenters. The van der Waals surface area contributed by atoms with E-state index in [1.165, 1.54) is 0 Å². The second-order valence-corrected chi connectivity index (χ2v) is 3.83. The average molecular weight is 229 g/mol. The second-order valence-electron chi connectivity index (χ2n) is 3.83. The van der Waals surface area contributed by atoms with Gasteiger partial charge in [-0.05, 0) is 13.5 Å². The smallest absolute Gasteiger partial charge is 0.241 e. The molecule has 1 unspecified atom stereocenters. The molecule has 0 saturated carbocycles. The number of nitrogens with one attached hydrogen (secondary N) is 2. The lowest BCUT2D eigenvalue weighted by atomic mass is 10.1. The molecule has 0 heterocycles. The fourth-order valence-electron chi connectivity index (χ4n) is 1.10. The zero-order chi connectivity index (χ0) is 12.6. The molecule has 0 fully saturated rings. The Bertz CT molecular complexity index is 231. The van der Waals surface area contributed by atoms with Crippen LogP contribution in [0.4, 0.5) is 0 Å². The van der Waals surface area contributed by atoms with Crippen molar-refractivity contribution in [3.8, 4) is 0 Å². The molecule has 0 aliphatic heterocycles. The molecule has 0 rings (SSSR count). The first-order valence-corrected chi connectivity index (χ1v) is 5.75. The summed E-state index contributed by atoms with van der Waals surface area (Å²) < 4.78 is 0. The monoisotopic (exact) mass is 229 g/mol. The summed E-state index contributed by atoms with van der Waals surface area (Å²) in [5, 5.41) is 5.73. The Morgan fingerprint density at radius 2 is 1.94 bits per heavy atom. The van der Waals surface area contributed by atoms with Crippen LogP contribution in [0.15, 0.2) is 0 Å². The SMILES string of the molecule is CCNCC(C)C(=O)NCC(=O)N(C)CC. The Kier molecular flexibility index (Phi) is 7.54. The number of likely N-dealkylation sites (N-methyl/N-ethyl adjacent to an activating group) is 1. The van der Waals surface area contributed by atoms with Gasteiger partial charge in [0.1, 0.15) is 0 Å². The summed E-state index contributed by atoms with van der Waals surface area (Å²) in [5.74, 6) is -0.259. The van der Waals surface area contributed by atoms with Crippen LogP contribution in [-0.4, -0.2) is 49.9 Å². The molecule has 0 aliphatic rings. The van der Waals surface area contributed by atoms with Crippen LogP contribution in [0.2, 0.25) is 0 Å². The van der Waals surface area contributed by atoms with Gasteiger partial charge < -0.3 is 15.5 Å². The van der Waals surface area contributed by atoms with Crippen molar-refractivity contribution >= 4 is 11.8 Å². The van der Waals surface area contributed by atoms with Gasteiger partial charge in [-0.1, -0.05) is 13.8 Å². The van der Waals surface area contributed by atoms with E-state index in [1.807, 2.05) is 20.8 Å². The number of amides is 2. The topological polar surface area (TPSA) is 61.4 Å². The first-order valence-electron chi connectivity index (χ1n) is 5.75. The number of hydrogen-bond acceptors (Lipinski definition) is 3. The van der Waals surface area contributed by atoms with Crippen LogP contribution in [-0.2, 0) is 9.59 Å². The summed E-state index contributed by atoms with van der Waals surface area (Å²) >= 11 is 0. The predicted octanol–water partition coefficient (Wildman–Crippen LogP) is -0.173. The van der Waals surface area contributed by atoms with Crippen LogP contribution in [0.5, 0.6) is 0 Å². The minimum atomic E-state index is -0.111. The minimum absolute atomic E-state index is 0.0634. The highest BCUT2D eigenvalue weighted by molar-refractivity contribution is 5.85. The van der Waals surface area contributed by atoms with Crippen molar-refractivity contribution in [2.45, 2.75) is 20.8 Å². The van der Waals surface area contributed by atoms with Crippen molar-refractivity contribution in [2.75, 3.05) is 33.2 Å². The number of rotatable bonds is 7. The minimum Gasteiger partial charge on any atom is -0.347 e. The summed E-state index contributed by atoms with van der Waals surface area (Å²) in [6.07, 6.45) is 0. The highest BCUT2D eigenvalue weighted by Crippen LogP contribution is 1.92. The van der Waals surface area contributed by atoms with Crippen molar-refractivity contribution in [1.82, 2.24) is 15.5 Å². The Hall–Kier alpha value is -1.10. The highest BCUT2D eigenvalue weighted by atomic mass is 16.2. The van der Waals surface area contributed by atoms with Gasteiger partial charge in [-0.3, -0.25) is 9.59 Å². The molecule has 0 aromatic carbocycles. The van der Waals surface area contributed by atoms with E-state index in [0.29, 0.717) is 13.1 Å². The van der Waals surface area contributed by atoms with E-state index >= 15 is 0 Å². The molecule has 0 spiro atoms. The fraction of sp³-hybridized carbons (Fsp3) is 0.818. The van der Waals surface area contributed by atoms with Gasteiger partial charge in [-0.2, -0.15) is 0 Å². The number of carbonyl (C=O) groups is 2. The van der Waals surface area contributed by atoms with Crippen LogP contribution in [0.3, 0.4) is 0 Å². The van der Waals surface area contributed by atoms with Gasteiger partial charge in [0.15, 0.2) is 0 Å². The molecule has 0 bridgehead atoms. The van der Waals surface area contributed by atoms with Crippen LogP contribution in [0.1, 0.15) is 20.8 Å². The largest absolute Gasteiger partial charge is 0.347 e. The number of nitrogens with zero attached hydrogens (tertiary/aromatic N) is 1. The average Bonchev–Trinajstić information content (AvgIpc) is 2.31. The van der Waals surface area contributed by atoms with Crippen molar-refractivity contribution < 1.29 is 9.59 Å². The van der Waals surface area contributed by atoms with Crippen molar-refractivity contribution in [2.24, 2.45) is 5.92 Å². The molecule has 2 amide bonds. The van der Waals surface area contributed by atoms with Gasteiger partial charge in [0, 0.05) is 26.1 Å². The Morgan fingerprint density at radius 1 is 1.31 bits per heavy atom. The van der Waals surface area contributed by atoms with Crippen molar-refractivity contribution in [1.29, 1.82) is 0 Å². The molecule has 0 aromatic rings. The van der Waals surface area contributed by atoms with Gasteiger partial charge >= 0.3 is 0 Å². The highest BCUT2D eigenvalue weighted by Gasteiger charge is 2.14. The molecule has 0 radical (unpaired) electrons. The molecule has 5 nitrogen and oxygen atoms in total. The molecule has 0 aliphatic carbocycles. The van der Waals surface area contributed by atoms with E-state index in [9.17, 15) is 9.59 Å². The standard InChI is InChI=1S/C11H23N3O2/c1-5-12-7-9(3)11(16)13-8-10(15)14(4)6-2/h9,12H,5-8H2,1-4H3,(H,13,16). The van der Waals surface area contributed by atoms with Crippen LogP contribution in [0.25, 0.3) is 0 Å². The van der Waals surface area contributed by atoms with Crippen molar-refractivity contribution in [3.05, 3.63) is 0 Å². The second kappa shape index (κ2) is 8.10. The summed E-state index contributed by atoms with van der Waals surface area (Å²) in [6.45, 7) is 7.94. The lowest BCUT2D eigenvalue weighted by Crippen LogP contribution is -2.41. The summed E-state index contributed by atoms with van der Waals surface area (Å²) in [7, 11) is 1.72. The van der Waals surface area contributed by atoms with Gasteiger partial charge in [-0.15, -0.1) is 0 Å². The molecule has 16 heavy (non-hydrogen) atoms. The summed E-state index contributed by atoms with van der Waals surface area (Å²) in [4.78, 5) is 24.5. The third-order valence-corrected chi connectivity index (χ3v) is 2.46. The first-order chi connectivity index (χ1) is 7.52. The van der Waals surface area contributed by atoms with Crippen LogP contribution in [0, 0.1) is 5.92 Å².